The van der Waals surface area contributed by atoms with Crippen LogP contribution in [0.1, 0.15) is 50.3 Å². The highest BCUT2D eigenvalue weighted by Gasteiger charge is 2.36. The molecule has 2 aromatic rings. The molecule has 0 fully saturated rings. The predicted octanol–water partition coefficient (Wildman–Crippen LogP) is 4.31. The van der Waals surface area contributed by atoms with Gasteiger partial charge in [0.15, 0.2) is 0 Å². The summed E-state index contributed by atoms with van der Waals surface area (Å²) in [7, 11) is -3.37. The predicted molar refractivity (Wildman–Crippen MR) is 116 cm³/mol. The Labute approximate surface area is 176 Å². The number of amides is 1. The van der Waals surface area contributed by atoms with Gasteiger partial charge in [-0.25, -0.2) is 17.8 Å². The summed E-state index contributed by atoms with van der Waals surface area (Å²) in [6.07, 6.45) is 2.84. The van der Waals surface area contributed by atoms with Crippen LogP contribution in [0.3, 0.4) is 0 Å². The molecule has 30 heavy (non-hydrogen) atoms. The normalized spacial score (nSPS) is 16.6. The van der Waals surface area contributed by atoms with Crippen molar-refractivity contribution < 1.29 is 17.6 Å². The fraction of sp³-hybridized carbons (Fsp3) is 0.364. The molecule has 6 nitrogen and oxygen atoms in total. The number of hydrogen-bond donors (Lipinski definition) is 1. The minimum atomic E-state index is -3.37. The van der Waals surface area contributed by atoms with Gasteiger partial charge < -0.3 is 0 Å². The van der Waals surface area contributed by atoms with Crippen molar-refractivity contribution in [3.63, 3.8) is 0 Å². The van der Waals surface area contributed by atoms with E-state index in [0.717, 1.165) is 11.8 Å². The first-order valence-corrected chi connectivity index (χ1v) is 11.9. The Kier molecular flexibility index (Phi) is 6.55. The number of carbonyl (C=O) groups is 1. The maximum atomic E-state index is 14.5. The van der Waals surface area contributed by atoms with E-state index in [1.54, 1.807) is 42.5 Å². The molecule has 0 spiro atoms. The zero-order chi connectivity index (χ0) is 21.9. The topological polar surface area (TPSA) is 78.8 Å². The molecule has 1 heterocycles. The summed E-state index contributed by atoms with van der Waals surface area (Å²) in [5, 5.41) is 6.00. The Morgan fingerprint density at radius 3 is 2.37 bits per heavy atom. The molecular formula is C22H26FN3O3S. The first kappa shape index (κ1) is 22.0. The number of nitrogens with zero attached hydrogens (tertiary/aromatic N) is 2. The third kappa shape index (κ3) is 4.87. The SMILES string of the molecule is CCC(CC)C(=O)N1N=C(c2ccc(NS(C)(=O)=O)cc2)CC1c1ccccc1F. The number of hydrazone groups is 1. The van der Waals surface area contributed by atoms with Crippen LogP contribution in [0.4, 0.5) is 10.1 Å². The molecule has 1 atom stereocenters. The lowest BCUT2D eigenvalue weighted by molar-refractivity contribution is -0.137. The highest BCUT2D eigenvalue weighted by Crippen LogP contribution is 2.36. The first-order valence-electron chi connectivity index (χ1n) is 9.96. The number of nitrogens with one attached hydrogen (secondary N) is 1. The number of anilines is 1. The second-order valence-electron chi connectivity index (χ2n) is 7.44. The molecule has 8 heteroatoms. The Balaban J connectivity index is 1.94. The fourth-order valence-corrected chi connectivity index (χ4v) is 4.21. The standard InChI is InChI=1S/C22H26FN3O3S/c1-4-15(5-2)22(27)26-21(18-8-6-7-9-19(18)23)14-20(24-26)16-10-12-17(13-11-16)25-30(3,28)29/h6-13,15,21,25H,4-5,14H2,1-3H3. The van der Waals surface area contributed by atoms with Crippen molar-refractivity contribution in [3.05, 3.63) is 65.5 Å². The smallest absolute Gasteiger partial charge is 0.246 e. The van der Waals surface area contributed by atoms with Gasteiger partial charge in [0.05, 0.1) is 18.0 Å². The minimum Gasteiger partial charge on any atom is -0.284 e. The molecule has 0 saturated carbocycles. The summed E-state index contributed by atoms with van der Waals surface area (Å²) >= 11 is 0. The van der Waals surface area contributed by atoms with E-state index in [2.05, 4.69) is 9.82 Å². The van der Waals surface area contributed by atoms with Crippen LogP contribution in [-0.2, 0) is 14.8 Å². The number of rotatable bonds is 7. The number of carbonyl (C=O) groups excluding carboxylic acids is 1. The van der Waals surface area contributed by atoms with Crippen molar-refractivity contribution in [2.75, 3.05) is 11.0 Å². The van der Waals surface area contributed by atoms with Crippen molar-refractivity contribution in [2.45, 2.75) is 39.2 Å². The summed E-state index contributed by atoms with van der Waals surface area (Å²) in [6.45, 7) is 3.91. The maximum absolute atomic E-state index is 14.5. The van der Waals surface area contributed by atoms with Crippen LogP contribution in [0.25, 0.3) is 0 Å². The van der Waals surface area contributed by atoms with E-state index in [-0.39, 0.29) is 17.6 Å². The molecule has 0 aromatic heterocycles. The average Bonchev–Trinajstić information content (AvgIpc) is 3.13. The fourth-order valence-electron chi connectivity index (χ4n) is 3.65. The Bertz CT molecular complexity index is 1050. The Morgan fingerprint density at radius 1 is 1.17 bits per heavy atom. The lowest BCUT2D eigenvalue weighted by atomic mass is 9.96. The van der Waals surface area contributed by atoms with Crippen LogP contribution >= 0.6 is 0 Å². The van der Waals surface area contributed by atoms with Gasteiger partial charge in [-0.1, -0.05) is 44.2 Å². The molecular weight excluding hydrogens is 405 g/mol. The molecule has 1 unspecified atom stereocenters. The molecule has 2 aromatic carbocycles. The van der Waals surface area contributed by atoms with Crippen molar-refractivity contribution in [1.29, 1.82) is 0 Å². The van der Waals surface area contributed by atoms with Crippen LogP contribution in [0.5, 0.6) is 0 Å². The van der Waals surface area contributed by atoms with Gasteiger partial charge in [-0.3, -0.25) is 9.52 Å². The van der Waals surface area contributed by atoms with E-state index in [9.17, 15) is 17.6 Å². The Hall–Kier alpha value is -2.74. The third-order valence-electron chi connectivity index (χ3n) is 5.26. The molecule has 0 radical (unpaired) electrons. The highest BCUT2D eigenvalue weighted by atomic mass is 32.2. The summed E-state index contributed by atoms with van der Waals surface area (Å²) in [6, 6.07) is 12.7. The molecule has 3 rings (SSSR count). The molecule has 0 saturated heterocycles. The number of sulfonamides is 1. The number of halogens is 1. The van der Waals surface area contributed by atoms with Crippen LogP contribution in [0.15, 0.2) is 53.6 Å². The Morgan fingerprint density at radius 2 is 1.80 bits per heavy atom. The molecule has 0 bridgehead atoms. The monoisotopic (exact) mass is 431 g/mol. The molecule has 1 aliphatic heterocycles. The van der Waals surface area contributed by atoms with Gasteiger partial charge in [0, 0.05) is 23.6 Å². The van der Waals surface area contributed by atoms with Crippen LogP contribution in [0, 0.1) is 11.7 Å². The molecule has 1 amide bonds. The third-order valence-corrected chi connectivity index (χ3v) is 5.86. The summed E-state index contributed by atoms with van der Waals surface area (Å²) in [5.74, 6) is -0.656. The highest BCUT2D eigenvalue weighted by molar-refractivity contribution is 7.92. The average molecular weight is 432 g/mol. The van der Waals surface area contributed by atoms with Gasteiger partial charge in [-0.15, -0.1) is 0 Å². The summed E-state index contributed by atoms with van der Waals surface area (Å²) in [4.78, 5) is 13.1. The quantitative estimate of drug-likeness (QED) is 0.709. The van der Waals surface area contributed by atoms with E-state index in [0.29, 0.717) is 36.2 Å². The van der Waals surface area contributed by atoms with E-state index in [1.165, 1.54) is 11.1 Å². The van der Waals surface area contributed by atoms with Crippen LogP contribution in [0.2, 0.25) is 0 Å². The zero-order valence-electron chi connectivity index (χ0n) is 17.3. The largest absolute Gasteiger partial charge is 0.284 e. The summed E-state index contributed by atoms with van der Waals surface area (Å²) < 4.78 is 39.7. The van der Waals surface area contributed by atoms with Gasteiger partial charge in [-0.05, 0) is 36.6 Å². The first-order chi connectivity index (χ1) is 14.2. The van der Waals surface area contributed by atoms with E-state index < -0.39 is 16.1 Å². The maximum Gasteiger partial charge on any atom is 0.246 e. The molecule has 1 N–H and O–H groups in total. The van der Waals surface area contributed by atoms with Gasteiger partial charge in [0.2, 0.25) is 15.9 Å². The minimum absolute atomic E-state index is 0.112. The van der Waals surface area contributed by atoms with Gasteiger partial charge in [0.25, 0.3) is 0 Å². The van der Waals surface area contributed by atoms with Gasteiger partial charge in [0.1, 0.15) is 5.82 Å². The van der Waals surface area contributed by atoms with E-state index in [1.807, 2.05) is 13.8 Å². The van der Waals surface area contributed by atoms with E-state index >= 15 is 0 Å². The van der Waals surface area contributed by atoms with Crippen molar-refractivity contribution in [3.8, 4) is 0 Å². The second kappa shape index (κ2) is 8.95. The van der Waals surface area contributed by atoms with Gasteiger partial charge in [-0.2, -0.15) is 5.10 Å². The van der Waals surface area contributed by atoms with Crippen LogP contribution < -0.4 is 4.72 Å². The van der Waals surface area contributed by atoms with Gasteiger partial charge >= 0.3 is 0 Å². The lowest BCUT2D eigenvalue weighted by Gasteiger charge is -2.25. The number of benzene rings is 2. The van der Waals surface area contributed by atoms with Crippen molar-refractivity contribution >= 4 is 27.3 Å². The molecule has 160 valence electrons. The number of hydrogen-bond acceptors (Lipinski definition) is 4. The molecule has 0 aliphatic carbocycles. The van der Waals surface area contributed by atoms with Crippen molar-refractivity contribution in [2.24, 2.45) is 11.0 Å². The summed E-state index contributed by atoms with van der Waals surface area (Å²) in [5.41, 5.74) is 2.30. The lowest BCUT2D eigenvalue weighted by Crippen LogP contribution is -2.32. The van der Waals surface area contributed by atoms with Crippen molar-refractivity contribution in [1.82, 2.24) is 5.01 Å². The van der Waals surface area contributed by atoms with Crippen LogP contribution in [-0.4, -0.2) is 31.3 Å². The zero-order valence-corrected chi connectivity index (χ0v) is 18.1. The second-order valence-corrected chi connectivity index (χ2v) is 9.18. The van der Waals surface area contributed by atoms with E-state index in [4.69, 9.17) is 0 Å². The molecule has 1 aliphatic rings.